The van der Waals surface area contributed by atoms with E-state index < -0.39 is 43.8 Å². The predicted octanol–water partition coefficient (Wildman–Crippen LogP) is 4.11. The standard InChI is InChI=1S/C37H35N11O7S2/c1-23(49)38-27-12-18-30(19-13-27)56(52,53)45-36-41-35(42-37(43-36)46-57(54,55)31-20-14-28(15-21-31)39-24(2)50)44-48-33(26-8-6-5-7-9-26)40-32(34(48)51)22-25-10-16-29(17-11-25)47(3)4/h5-22H,1-4H3,(H,38,49)(H,39,50)(H3,41,42,43,44,45,46). The Morgan fingerprint density at radius 3 is 1.58 bits per heavy atom. The summed E-state index contributed by atoms with van der Waals surface area (Å²) < 4.78 is 58.4. The van der Waals surface area contributed by atoms with Gasteiger partial charge in [0.05, 0.1) is 9.79 Å². The Labute approximate surface area is 327 Å². The molecule has 3 amide bonds. The first-order valence-corrected chi connectivity index (χ1v) is 19.8. The van der Waals surface area contributed by atoms with E-state index in [4.69, 9.17) is 0 Å². The van der Waals surface area contributed by atoms with Crippen molar-refractivity contribution in [2.24, 2.45) is 4.99 Å². The summed E-state index contributed by atoms with van der Waals surface area (Å²) in [7, 11) is -5.03. The van der Waals surface area contributed by atoms with E-state index in [1.165, 1.54) is 62.4 Å². The van der Waals surface area contributed by atoms with Crippen LogP contribution >= 0.6 is 0 Å². The summed E-state index contributed by atoms with van der Waals surface area (Å²) in [5.74, 6) is -2.90. The van der Waals surface area contributed by atoms with E-state index in [2.05, 4.69) is 45.4 Å². The van der Waals surface area contributed by atoms with E-state index in [0.29, 0.717) is 22.5 Å². The Morgan fingerprint density at radius 1 is 0.649 bits per heavy atom. The molecule has 57 heavy (non-hydrogen) atoms. The zero-order chi connectivity index (χ0) is 40.9. The SMILES string of the molecule is CC(=O)Nc1ccc(S(=O)(=O)Nc2nc(NN3C(=O)C(=Cc4ccc(N(C)C)cc4)N=C3c3ccccc3)nc(NS(=O)(=O)c3ccc(NC(C)=O)cc3)n2)cc1. The lowest BCUT2D eigenvalue weighted by Crippen LogP contribution is -2.38. The summed E-state index contributed by atoms with van der Waals surface area (Å²) in [5, 5.41) is 6.13. The third kappa shape index (κ3) is 9.74. The summed E-state index contributed by atoms with van der Waals surface area (Å²) in [5.41, 5.74) is 5.64. The Morgan fingerprint density at radius 2 is 1.12 bits per heavy atom. The van der Waals surface area contributed by atoms with Crippen molar-refractivity contribution in [2.75, 3.05) is 44.5 Å². The molecule has 5 aromatic rings. The molecule has 0 fully saturated rings. The quantitative estimate of drug-likeness (QED) is 0.106. The molecule has 1 aliphatic heterocycles. The first kappa shape index (κ1) is 39.5. The fourth-order valence-electron chi connectivity index (χ4n) is 5.24. The molecule has 2 heterocycles. The predicted molar refractivity (Wildman–Crippen MR) is 215 cm³/mol. The molecule has 0 spiro atoms. The molecule has 0 aliphatic carbocycles. The van der Waals surface area contributed by atoms with Crippen molar-refractivity contribution in [3.05, 3.63) is 120 Å². The van der Waals surface area contributed by atoms with Gasteiger partial charge in [-0.2, -0.15) is 20.0 Å². The molecule has 0 saturated heterocycles. The number of anilines is 6. The molecule has 0 atom stereocenters. The fourth-order valence-corrected chi connectivity index (χ4v) is 7.13. The van der Waals surface area contributed by atoms with Crippen LogP contribution in [0.25, 0.3) is 6.08 Å². The van der Waals surface area contributed by atoms with Gasteiger partial charge in [-0.15, -0.1) is 0 Å². The highest BCUT2D eigenvalue weighted by atomic mass is 32.2. The number of nitrogens with zero attached hydrogens (tertiary/aromatic N) is 6. The first-order chi connectivity index (χ1) is 27.1. The van der Waals surface area contributed by atoms with Gasteiger partial charge in [-0.05, 0) is 72.3 Å². The lowest BCUT2D eigenvalue weighted by molar-refractivity contribution is -0.121. The molecule has 4 aromatic carbocycles. The van der Waals surface area contributed by atoms with Gasteiger partial charge in [0.25, 0.3) is 26.0 Å². The third-order valence-corrected chi connectivity index (χ3v) is 10.6. The smallest absolute Gasteiger partial charge is 0.297 e. The van der Waals surface area contributed by atoms with Gasteiger partial charge < -0.3 is 15.5 Å². The summed E-state index contributed by atoms with van der Waals surface area (Å²) in [6.45, 7) is 2.60. The Kier molecular flexibility index (Phi) is 11.3. The number of rotatable bonds is 13. The molecule has 20 heteroatoms. The second kappa shape index (κ2) is 16.3. The molecule has 0 bridgehead atoms. The van der Waals surface area contributed by atoms with E-state index >= 15 is 0 Å². The van der Waals surface area contributed by atoms with Gasteiger partial charge in [-0.25, -0.2) is 31.3 Å². The minimum atomic E-state index is -4.42. The molecule has 1 aromatic heterocycles. The number of hydrogen-bond acceptors (Lipinski definition) is 13. The molecule has 0 radical (unpaired) electrons. The second-order valence-corrected chi connectivity index (χ2v) is 15.9. The van der Waals surface area contributed by atoms with E-state index in [9.17, 15) is 31.2 Å². The number of amidine groups is 1. The summed E-state index contributed by atoms with van der Waals surface area (Å²) in [6.07, 6.45) is 1.59. The van der Waals surface area contributed by atoms with Crippen LogP contribution < -0.4 is 30.4 Å². The van der Waals surface area contributed by atoms with Crippen molar-refractivity contribution >= 4 is 84.6 Å². The van der Waals surface area contributed by atoms with Gasteiger partial charge in [0.2, 0.25) is 29.7 Å². The zero-order valence-electron chi connectivity index (χ0n) is 30.7. The highest BCUT2D eigenvalue weighted by Gasteiger charge is 2.33. The maximum atomic E-state index is 14.0. The van der Waals surface area contributed by atoms with Crippen molar-refractivity contribution in [2.45, 2.75) is 23.6 Å². The van der Waals surface area contributed by atoms with Gasteiger partial charge in [0.15, 0.2) is 5.84 Å². The van der Waals surface area contributed by atoms with Crippen LogP contribution in [0, 0.1) is 0 Å². The minimum Gasteiger partial charge on any atom is -0.378 e. The number of hydrogen-bond donors (Lipinski definition) is 5. The number of carbonyl (C=O) groups is 3. The molecule has 292 valence electrons. The van der Waals surface area contributed by atoms with Gasteiger partial charge in [0.1, 0.15) is 5.70 Å². The van der Waals surface area contributed by atoms with Crippen molar-refractivity contribution in [1.29, 1.82) is 0 Å². The highest BCUT2D eigenvalue weighted by molar-refractivity contribution is 7.93. The summed E-state index contributed by atoms with van der Waals surface area (Å²) in [6, 6.07) is 26.6. The largest absolute Gasteiger partial charge is 0.378 e. The molecule has 5 N–H and O–H groups in total. The summed E-state index contributed by atoms with van der Waals surface area (Å²) in [4.78, 5) is 55.3. The number of sulfonamides is 2. The van der Waals surface area contributed by atoms with E-state index in [1.54, 1.807) is 36.4 Å². The minimum absolute atomic E-state index is 0.0419. The number of aromatic nitrogens is 3. The number of aliphatic imine (C=N–C) groups is 1. The molecule has 0 unspecified atom stereocenters. The lowest BCUT2D eigenvalue weighted by Gasteiger charge is -2.20. The van der Waals surface area contributed by atoms with E-state index in [0.717, 1.165) is 10.7 Å². The van der Waals surface area contributed by atoms with Crippen LogP contribution in [0.4, 0.5) is 34.9 Å². The number of nitrogens with one attached hydrogen (secondary N) is 5. The Bertz CT molecular complexity index is 2510. The maximum absolute atomic E-state index is 14.0. The number of hydrazine groups is 1. The van der Waals surface area contributed by atoms with Gasteiger partial charge >= 0.3 is 0 Å². The van der Waals surface area contributed by atoms with Gasteiger partial charge in [0, 0.05) is 50.6 Å². The van der Waals surface area contributed by atoms with Crippen LogP contribution in [0.2, 0.25) is 0 Å². The van der Waals surface area contributed by atoms with Crippen LogP contribution in [0.5, 0.6) is 0 Å². The van der Waals surface area contributed by atoms with Crippen molar-refractivity contribution in [3.63, 3.8) is 0 Å². The molecule has 1 aliphatic rings. The van der Waals surface area contributed by atoms with Crippen LogP contribution in [0.3, 0.4) is 0 Å². The highest BCUT2D eigenvalue weighted by Crippen LogP contribution is 2.26. The van der Waals surface area contributed by atoms with E-state index in [1.807, 2.05) is 43.3 Å². The molecule has 0 saturated carbocycles. The monoisotopic (exact) mass is 809 g/mol. The van der Waals surface area contributed by atoms with Crippen molar-refractivity contribution in [3.8, 4) is 0 Å². The second-order valence-electron chi connectivity index (χ2n) is 12.5. The number of carbonyl (C=O) groups excluding carboxylic acids is 3. The normalized spacial score (nSPS) is 13.5. The van der Waals surface area contributed by atoms with Crippen LogP contribution in [0.15, 0.2) is 124 Å². The molecule has 18 nitrogen and oxygen atoms in total. The van der Waals surface area contributed by atoms with Crippen molar-refractivity contribution < 1.29 is 31.2 Å². The Hall–Kier alpha value is -7.19. The number of amides is 3. The number of benzene rings is 4. The van der Waals surface area contributed by atoms with Gasteiger partial charge in [-0.1, -0.05) is 42.5 Å². The van der Waals surface area contributed by atoms with Crippen LogP contribution in [-0.2, 0) is 34.4 Å². The first-order valence-electron chi connectivity index (χ1n) is 16.9. The lowest BCUT2D eigenvalue weighted by atomic mass is 10.1. The fraction of sp³-hybridized carbons (Fsp3) is 0.108. The molecular formula is C37H35N11O7S2. The topological polar surface area (TPSA) is 237 Å². The van der Waals surface area contributed by atoms with Crippen LogP contribution in [0.1, 0.15) is 25.0 Å². The maximum Gasteiger partial charge on any atom is 0.297 e. The average Bonchev–Trinajstić information content (AvgIpc) is 3.45. The third-order valence-electron chi connectivity index (χ3n) is 7.87. The Balaban J connectivity index is 1.37. The van der Waals surface area contributed by atoms with E-state index in [-0.39, 0.29) is 33.1 Å². The molecular weight excluding hydrogens is 775 g/mol. The summed E-state index contributed by atoms with van der Waals surface area (Å²) >= 11 is 0. The zero-order valence-corrected chi connectivity index (χ0v) is 32.4. The average molecular weight is 810 g/mol. The molecule has 6 rings (SSSR count). The van der Waals surface area contributed by atoms with Crippen molar-refractivity contribution in [1.82, 2.24) is 20.0 Å². The van der Waals surface area contributed by atoms with Crippen LogP contribution in [-0.4, -0.2) is 74.4 Å². The van der Waals surface area contributed by atoms with Gasteiger partial charge in [-0.3, -0.25) is 19.8 Å².